The van der Waals surface area contributed by atoms with Crippen LogP contribution in [-0.2, 0) is 16.6 Å². The summed E-state index contributed by atoms with van der Waals surface area (Å²) in [4.78, 5) is 16.4. The van der Waals surface area contributed by atoms with E-state index < -0.39 is 6.10 Å². The number of ether oxygens (including phenoxy) is 1. The lowest BCUT2D eigenvalue weighted by Gasteiger charge is -2.21. The molecule has 2 rings (SSSR count). The largest absolute Gasteiger partial charge is 0.372 e. The van der Waals surface area contributed by atoms with Gasteiger partial charge in [-0.25, -0.2) is 4.98 Å². The molecule has 1 amide bonds. The van der Waals surface area contributed by atoms with Gasteiger partial charge in [-0.05, 0) is 12.5 Å². The molecule has 5 heteroatoms. The van der Waals surface area contributed by atoms with E-state index in [1.54, 1.807) is 13.1 Å². The summed E-state index contributed by atoms with van der Waals surface area (Å²) < 4.78 is 6.96. The van der Waals surface area contributed by atoms with Gasteiger partial charge in [0.25, 0.3) is 0 Å². The van der Waals surface area contributed by atoms with E-state index >= 15 is 0 Å². The Hall–Kier alpha value is -2.14. The Morgan fingerprint density at radius 2 is 2.05 bits per heavy atom. The predicted octanol–water partition coefficient (Wildman–Crippen LogP) is 1.66. The third kappa shape index (κ3) is 3.05. The average Bonchev–Trinajstić information content (AvgIpc) is 2.90. The Balaban J connectivity index is 2.31. The van der Waals surface area contributed by atoms with Crippen LogP contribution in [0.5, 0.6) is 0 Å². The van der Waals surface area contributed by atoms with Crippen LogP contribution in [0.25, 0.3) is 0 Å². The number of carbonyl (C=O) groups excluding carboxylic acids is 1. The number of nitrogens with one attached hydrogen (secondary N) is 1. The van der Waals surface area contributed by atoms with Gasteiger partial charge < -0.3 is 14.6 Å². The molecular weight excluding hydrogens is 254 g/mol. The summed E-state index contributed by atoms with van der Waals surface area (Å²) in [5.41, 5.74) is 0.985. The highest BCUT2D eigenvalue weighted by molar-refractivity contribution is 5.81. The second kappa shape index (κ2) is 6.34. The molecule has 0 bridgehead atoms. The summed E-state index contributed by atoms with van der Waals surface area (Å²) in [6, 6.07) is 9.47. The molecule has 20 heavy (non-hydrogen) atoms. The second-order valence-corrected chi connectivity index (χ2v) is 4.63. The van der Waals surface area contributed by atoms with Crippen molar-refractivity contribution in [3.05, 3.63) is 54.1 Å². The Kier molecular flexibility index (Phi) is 4.53. The highest BCUT2D eigenvalue weighted by Crippen LogP contribution is 2.20. The Morgan fingerprint density at radius 3 is 2.60 bits per heavy atom. The van der Waals surface area contributed by atoms with E-state index in [0.717, 1.165) is 11.4 Å². The molecule has 5 nitrogen and oxygen atoms in total. The first-order chi connectivity index (χ1) is 9.63. The van der Waals surface area contributed by atoms with Crippen molar-refractivity contribution in [3.8, 4) is 0 Å². The zero-order chi connectivity index (χ0) is 14.5. The first kappa shape index (κ1) is 14.3. The maximum atomic E-state index is 12.1. The van der Waals surface area contributed by atoms with Crippen LogP contribution in [0.1, 0.15) is 24.4 Å². The normalized spacial score (nSPS) is 13.8. The topological polar surface area (TPSA) is 56.1 Å². The van der Waals surface area contributed by atoms with Crippen molar-refractivity contribution in [1.82, 2.24) is 14.9 Å². The maximum absolute atomic E-state index is 12.1. The smallest absolute Gasteiger partial charge is 0.249 e. The lowest BCUT2D eigenvalue weighted by molar-refractivity contribution is -0.130. The standard InChI is InChI=1S/C15H19N3O2/c1-11(20-3)15(19)17-13(12-7-5-4-6-8-12)14-16-9-10-18(14)2/h4-11,13H,1-3H3,(H,17,19). The number of nitrogens with zero attached hydrogens (tertiary/aromatic N) is 2. The molecule has 0 aliphatic carbocycles. The monoisotopic (exact) mass is 273 g/mol. The Morgan fingerprint density at radius 1 is 1.35 bits per heavy atom. The number of imidazole rings is 1. The molecule has 2 atom stereocenters. The van der Waals surface area contributed by atoms with Gasteiger partial charge in [0, 0.05) is 26.6 Å². The second-order valence-electron chi connectivity index (χ2n) is 4.63. The van der Waals surface area contributed by atoms with Crippen LogP contribution in [0, 0.1) is 0 Å². The molecule has 1 aromatic carbocycles. The van der Waals surface area contributed by atoms with E-state index in [1.807, 2.05) is 48.1 Å². The number of benzene rings is 1. The Bertz CT molecular complexity index is 566. The number of aromatic nitrogens is 2. The number of rotatable bonds is 5. The highest BCUT2D eigenvalue weighted by Gasteiger charge is 2.22. The van der Waals surface area contributed by atoms with Crippen molar-refractivity contribution in [3.63, 3.8) is 0 Å². The van der Waals surface area contributed by atoms with Crippen molar-refractivity contribution >= 4 is 5.91 Å². The average molecular weight is 273 g/mol. The first-order valence-electron chi connectivity index (χ1n) is 6.48. The van der Waals surface area contributed by atoms with Crippen LogP contribution >= 0.6 is 0 Å². The molecule has 106 valence electrons. The molecule has 2 unspecified atom stereocenters. The van der Waals surface area contributed by atoms with Crippen LogP contribution < -0.4 is 5.32 Å². The summed E-state index contributed by atoms with van der Waals surface area (Å²) in [7, 11) is 3.42. The van der Waals surface area contributed by atoms with Crippen molar-refractivity contribution < 1.29 is 9.53 Å². The van der Waals surface area contributed by atoms with E-state index in [-0.39, 0.29) is 11.9 Å². The zero-order valence-electron chi connectivity index (χ0n) is 11.9. The van der Waals surface area contributed by atoms with Crippen molar-refractivity contribution in [2.45, 2.75) is 19.1 Å². The lowest BCUT2D eigenvalue weighted by atomic mass is 10.1. The van der Waals surface area contributed by atoms with E-state index in [4.69, 9.17) is 4.74 Å². The van der Waals surface area contributed by atoms with E-state index in [2.05, 4.69) is 10.3 Å². The van der Waals surface area contributed by atoms with Crippen LogP contribution in [0.2, 0.25) is 0 Å². The minimum absolute atomic E-state index is 0.163. The van der Waals surface area contributed by atoms with Gasteiger partial charge in [0.2, 0.25) is 5.91 Å². The fourth-order valence-corrected chi connectivity index (χ4v) is 1.96. The molecule has 0 saturated heterocycles. The van der Waals surface area contributed by atoms with Crippen LogP contribution in [0.3, 0.4) is 0 Å². The molecule has 0 saturated carbocycles. The summed E-state index contributed by atoms with van der Waals surface area (Å²) in [6.07, 6.45) is 3.08. The van der Waals surface area contributed by atoms with Crippen molar-refractivity contribution in [2.75, 3.05) is 7.11 Å². The summed E-state index contributed by atoms with van der Waals surface area (Å²) in [5.74, 6) is 0.622. The molecule has 0 aliphatic heterocycles. The van der Waals surface area contributed by atoms with Gasteiger partial charge >= 0.3 is 0 Å². The van der Waals surface area contributed by atoms with E-state index in [1.165, 1.54) is 7.11 Å². The number of hydrogen-bond donors (Lipinski definition) is 1. The quantitative estimate of drug-likeness (QED) is 0.901. The highest BCUT2D eigenvalue weighted by atomic mass is 16.5. The molecule has 0 aliphatic rings. The molecule has 2 aromatic rings. The van der Waals surface area contributed by atoms with Crippen LogP contribution in [0.4, 0.5) is 0 Å². The fraction of sp³-hybridized carbons (Fsp3) is 0.333. The third-order valence-electron chi connectivity index (χ3n) is 3.26. The summed E-state index contributed by atoms with van der Waals surface area (Å²) in [5, 5.41) is 2.98. The molecular formula is C15H19N3O2. The van der Waals surface area contributed by atoms with Crippen molar-refractivity contribution in [1.29, 1.82) is 0 Å². The lowest BCUT2D eigenvalue weighted by Crippen LogP contribution is -2.38. The summed E-state index contributed by atoms with van der Waals surface area (Å²) >= 11 is 0. The zero-order valence-corrected chi connectivity index (χ0v) is 11.9. The summed E-state index contributed by atoms with van der Waals surface area (Å²) in [6.45, 7) is 1.72. The molecule has 0 spiro atoms. The number of hydrogen-bond acceptors (Lipinski definition) is 3. The Labute approximate surface area is 118 Å². The van der Waals surface area contributed by atoms with Gasteiger partial charge in [-0.15, -0.1) is 0 Å². The van der Waals surface area contributed by atoms with Gasteiger partial charge in [0.05, 0.1) is 0 Å². The van der Waals surface area contributed by atoms with E-state index in [9.17, 15) is 4.79 Å². The molecule has 0 radical (unpaired) electrons. The van der Waals surface area contributed by atoms with Crippen molar-refractivity contribution in [2.24, 2.45) is 7.05 Å². The molecule has 1 N–H and O–H groups in total. The van der Waals surface area contributed by atoms with Crippen LogP contribution in [-0.4, -0.2) is 28.7 Å². The SMILES string of the molecule is COC(C)C(=O)NC(c1ccccc1)c1nccn1C. The van der Waals surface area contributed by atoms with Crippen LogP contribution in [0.15, 0.2) is 42.7 Å². The number of amides is 1. The predicted molar refractivity (Wildman–Crippen MR) is 76.1 cm³/mol. The van der Waals surface area contributed by atoms with Gasteiger partial charge in [-0.1, -0.05) is 30.3 Å². The maximum Gasteiger partial charge on any atom is 0.249 e. The van der Waals surface area contributed by atoms with Gasteiger partial charge in [-0.3, -0.25) is 4.79 Å². The molecule has 1 aromatic heterocycles. The fourth-order valence-electron chi connectivity index (χ4n) is 1.96. The number of aryl methyl sites for hydroxylation is 1. The third-order valence-corrected chi connectivity index (χ3v) is 3.26. The van der Waals surface area contributed by atoms with Gasteiger partial charge in [0.1, 0.15) is 18.0 Å². The van der Waals surface area contributed by atoms with E-state index in [0.29, 0.717) is 0 Å². The number of methoxy groups -OCH3 is 1. The first-order valence-corrected chi connectivity index (χ1v) is 6.48. The molecule has 1 heterocycles. The molecule has 0 fully saturated rings. The minimum atomic E-state index is -0.499. The number of carbonyl (C=O) groups is 1. The minimum Gasteiger partial charge on any atom is -0.372 e. The van der Waals surface area contributed by atoms with Gasteiger partial charge in [-0.2, -0.15) is 0 Å². The van der Waals surface area contributed by atoms with Gasteiger partial charge in [0.15, 0.2) is 0 Å².